The maximum atomic E-state index is 13.1. The van der Waals surface area contributed by atoms with Crippen LogP contribution in [0.25, 0.3) is 0 Å². The van der Waals surface area contributed by atoms with E-state index >= 15 is 0 Å². The molecule has 0 aromatic heterocycles. The van der Waals surface area contributed by atoms with Crippen molar-refractivity contribution in [2.24, 2.45) is 5.92 Å². The number of aliphatic carboxylic acids is 1. The predicted molar refractivity (Wildman–Crippen MR) is 69.3 cm³/mol. The lowest BCUT2D eigenvalue weighted by molar-refractivity contribution is -0.140. The van der Waals surface area contributed by atoms with Gasteiger partial charge < -0.3 is 10.4 Å². The number of amides is 1. The van der Waals surface area contributed by atoms with Crippen molar-refractivity contribution in [3.63, 3.8) is 0 Å². The van der Waals surface area contributed by atoms with Crippen LogP contribution in [0.15, 0.2) is 18.2 Å². The van der Waals surface area contributed by atoms with E-state index in [0.29, 0.717) is 18.5 Å². The van der Waals surface area contributed by atoms with Gasteiger partial charge in [-0.15, -0.1) is 0 Å². The van der Waals surface area contributed by atoms with Crippen LogP contribution < -0.4 is 5.32 Å². The number of carbonyl (C=O) groups excluding carboxylic acids is 1. The number of hydrogen-bond donors (Lipinski definition) is 2. The molecule has 1 unspecified atom stereocenters. The number of carboxylic acids is 1. The van der Waals surface area contributed by atoms with E-state index < -0.39 is 11.9 Å². The zero-order valence-electron chi connectivity index (χ0n) is 11.1. The van der Waals surface area contributed by atoms with Gasteiger partial charge in [0.05, 0.1) is 6.42 Å². The van der Waals surface area contributed by atoms with Crippen molar-refractivity contribution in [1.82, 2.24) is 5.32 Å². The van der Waals surface area contributed by atoms with Gasteiger partial charge >= 0.3 is 5.97 Å². The molecule has 2 N–H and O–H groups in total. The van der Waals surface area contributed by atoms with Crippen LogP contribution in [0.3, 0.4) is 0 Å². The highest BCUT2D eigenvalue weighted by Crippen LogP contribution is 2.09. The molecule has 19 heavy (non-hydrogen) atoms. The lowest BCUT2D eigenvalue weighted by atomic mass is 10.1. The standard InChI is InChI=1S/C14H18FNO3/c1-9-7-11(3-4-12(9)15)5-6-16-14(19)10(2)8-13(17)18/h3-4,7,10H,5-6,8H2,1-2H3,(H,16,19)(H,17,18). The molecule has 0 radical (unpaired) electrons. The summed E-state index contributed by atoms with van der Waals surface area (Å²) in [6, 6.07) is 4.82. The van der Waals surface area contributed by atoms with E-state index in [2.05, 4.69) is 5.32 Å². The highest BCUT2D eigenvalue weighted by atomic mass is 19.1. The van der Waals surface area contributed by atoms with Crippen molar-refractivity contribution in [3.05, 3.63) is 35.1 Å². The molecule has 1 rings (SSSR count). The lowest BCUT2D eigenvalue weighted by Crippen LogP contribution is -2.32. The molecule has 0 saturated carbocycles. The molecular formula is C14H18FNO3. The van der Waals surface area contributed by atoms with Crippen LogP contribution >= 0.6 is 0 Å². The van der Waals surface area contributed by atoms with Crippen molar-refractivity contribution >= 4 is 11.9 Å². The fraction of sp³-hybridized carbons (Fsp3) is 0.429. The van der Waals surface area contributed by atoms with Crippen LogP contribution in [0.2, 0.25) is 0 Å². The molecule has 0 aliphatic carbocycles. The average Bonchev–Trinajstić information content (AvgIpc) is 2.32. The van der Waals surface area contributed by atoms with Crippen molar-refractivity contribution in [2.75, 3.05) is 6.54 Å². The minimum absolute atomic E-state index is 0.179. The molecule has 1 aromatic carbocycles. The molecule has 0 bridgehead atoms. The van der Waals surface area contributed by atoms with Gasteiger partial charge in [-0.25, -0.2) is 4.39 Å². The van der Waals surface area contributed by atoms with E-state index in [9.17, 15) is 14.0 Å². The summed E-state index contributed by atoms with van der Waals surface area (Å²) >= 11 is 0. The van der Waals surface area contributed by atoms with Crippen LogP contribution in [-0.2, 0) is 16.0 Å². The monoisotopic (exact) mass is 267 g/mol. The third-order valence-electron chi connectivity index (χ3n) is 2.86. The van der Waals surface area contributed by atoms with Crippen molar-refractivity contribution in [3.8, 4) is 0 Å². The van der Waals surface area contributed by atoms with Crippen molar-refractivity contribution in [2.45, 2.75) is 26.7 Å². The number of nitrogens with one attached hydrogen (secondary N) is 1. The van der Waals surface area contributed by atoms with Gasteiger partial charge in [-0.1, -0.05) is 19.1 Å². The third kappa shape index (κ3) is 5.07. The van der Waals surface area contributed by atoms with Gasteiger partial charge in [0, 0.05) is 12.5 Å². The molecule has 5 heteroatoms. The fourth-order valence-electron chi connectivity index (χ4n) is 1.72. The first-order chi connectivity index (χ1) is 8.90. The summed E-state index contributed by atoms with van der Waals surface area (Å²) < 4.78 is 13.1. The summed E-state index contributed by atoms with van der Waals surface area (Å²) in [6.07, 6.45) is 0.411. The van der Waals surface area contributed by atoms with Gasteiger partial charge in [-0.3, -0.25) is 9.59 Å². The van der Waals surface area contributed by atoms with Crippen LogP contribution in [0.5, 0.6) is 0 Å². The lowest BCUT2D eigenvalue weighted by Gasteiger charge is -2.10. The average molecular weight is 267 g/mol. The number of rotatable bonds is 6. The number of hydrogen-bond acceptors (Lipinski definition) is 2. The molecule has 0 aliphatic rings. The molecule has 0 aliphatic heterocycles. The van der Waals surface area contributed by atoms with Crippen LogP contribution in [-0.4, -0.2) is 23.5 Å². The Bertz CT molecular complexity index is 474. The van der Waals surface area contributed by atoms with E-state index in [-0.39, 0.29) is 18.1 Å². The third-order valence-corrected chi connectivity index (χ3v) is 2.86. The number of carboxylic acid groups (broad SMARTS) is 1. The second-order valence-electron chi connectivity index (χ2n) is 4.62. The van der Waals surface area contributed by atoms with E-state index in [1.54, 1.807) is 26.0 Å². The van der Waals surface area contributed by atoms with E-state index in [4.69, 9.17) is 5.11 Å². The molecule has 0 spiro atoms. The largest absolute Gasteiger partial charge is 0.481 e. The number of carbonyl (C=O) groups is 2. The Balaban J connectivity index is 2.39. The minimum Gasteiger partial charge on any atom is -0.481 e. The Morgan fingerprint density at radius 3 is 2.68 bits per heavy atom. The Kier molecular flexibility index (Phi) is 5.48. The second kappa shape index (κ2) is 6.87. The number of halogens is 1. The minimum atomic E-state index is -0.989. The van der Waals surface area contributed by atoms with Gasteiger partial charge in [-0.2, -0.15) is 0 Å². The van der Waals surface area contributed by atoms with Gasteiger partial charge in [0.1, 0.15) is 5.82 Å². The molecule has 1 atom stereocenters. The maximum Gasteiger partial charge on any atom is 0.304 e. The Hall–Kier alpha value is -1.91. The highest BCUT2D eigenvalue weighted by molar-refractivity contribution is 5.82. The molecule has 104 valence electrons. The van der Waals surface area contributed by atoms with Gasteiger partial charge in [0.25, 0.3) is 0 Å². The van der Waals surface area contributed by atoms with Crippen LogP contribution in [0, 0.1) is 18.7 Å². The zero-order chi connectivity index (χ0) is 14.4. The quantitative estimate of drug-likeness (QED) is 0.827. The van der Waals surface area contributed by atoms with Gasteiger partial charge in [0.15, 0.2) is 0 Å². The van der Waals surface area contributed by atoms with Crippen LogP contribution in [0.4, 0.5) is 4.39 Å². The smallest absolute Gasteiger partial charge is 0.304 e. The normalized spacial score (nSPS) is 11.9. The van der Waals surface area contributed by atoms with E-state index in [1.165, 1.54) is 6.07 Å². The first-order valence-electron chi connectivity index (χ1n) is 6.14. The van der Waals surface area contributed by atoms with Crippen molar-refractivity contribution in [1.29, 1.82) is 0 Å². The molecule has 0 heterocycles. The SMILES string of the molecule is Cc1cc(CCNC(=O)C(C)CC(=O)O)ccc1F. The second-order valence-corrected chi connectivity index (χ2v) is 4.62. The highest BCUT2D eigenvalue weighted by Gasteiger charge is 2.15. The summed E-state index contributed by atoms with van der Waals surface area (Å²) in [5, 5.41) is 11.3. The van der Waals surface area contributed by atoms with Gasteiger partial charge in [-0.05, 0) is 30.5 Å². The number of benzene rings is 1. The summed E-state index contributed by atoms with van der Waals surface area (Å²) in [5.74, 6) is -2.06. The molecule has 0 saturated heterocycles. The van der Waals surface area contributed by atoms with Crippen LogP contribution in [0.1, 0.15) is 24.5 Å². The fourth-order valence-corrected chi connectivity index (χ4v) is 1.72. The Morgan fingerprint density at radius 1 is 1.42 bits per heavy atom. The summed E-state index contributed by atoms with van der Waals surface area (Å²) in [6.45, 7) is 3.67. The molecule has 1 aromatic rings. The maximum absolute atomic E-state index is 13.1. The molecular weight excluding hydrogens is 249 g/mol. The molecule has 0 fully saturated rings. The van der Waals surface area contributed by atoms with Crippen molar-refractivity contribution < 1.29 is 19.1 Å². The van der Waals surface area contributed by atoms with Gasteiger partial charge in [0.2, 0.25) is 5.91 Å². The predicted octanol–water partition coefficient (Wildman–Crippen LogP) is 1.90. The van der Waals surface area contributed by atoms with E-state index in [1.807, 2.05) is 0 Å². The Labute approximate surface area is 111 Å². The summed E-state index contributed by atoms with van der Waals surface area (Å²) in [4.78, 5) is 22.0. The zero-order valence-corrected chi connectivity index (χ0v) is 11.1. The Morgan fingerprint density at radius 2 is 2.11 bits per heavy atom. The molecule has 1 amide bonds. The molecule has 4 nitrogen and oxygen atoms in total. The summed E-state index contributed by atoms with van der Waals surface area (Å²) in [5.41, 5.74) is 1.51. The summed E-state index contributed by atoms with van der Waals surface area (Å²) in [7, 11) is 0. The number of aryl methyl sites for hydroxylation is 1. The first kappa shape index (κ1) is 15.1. The topological polar surface area (TPSA) is 66.4 Å². The van der Waals surface area contributed by atoms with E-state index in [0.717, 1.165) is 5.56 Å². The first-order valence-corrected chi connectivity index (χ1v) is 6.14.